The van der Waals surface area contributed by atoms with Gasteiger partial charge in [0.2, 0.25) is 0 Å². The van der Waals surface area contributed by atoms with E-state index in [1.807, 2.05) is 55.7 Å². The van der Waals surface area contributed by atoms with Gasteiger partial charge in [0.1, 0.15) is 0 Å². The molecule has 0 spiro atoms. The summed E-state index contributed by atoms with van der Waals surface area (Å²) in [6.07, 6.45) is 6.02. The zero-order valence-corrected chi connectivity index (χ0v) is 14.9. The van der Waals surface area contributed by atoms with Crippen molar-refractivity contribution in [1.82, 2.24) is 0 Å². The second-order valence-corrected chi connectivity index (χ2v) is 7.32. The van der Waals surface area contributed by atoms with Crippen LogP contribution in [-0.4, -0.2) is 9.79 Å². The first kappa shape index (κ1) is 17.5. The molecule has 25 heavy (non-hydrogen) atoms. The lowest BCUT2D eigenvalue weighted by atomic mass is 10.1. The summed E-state index contributed by atoms with van der Waals surface area (Å²) in [4.78, 5) is 18.8. The van der Waals surface area contributed by atoms with Gasteiger partial charge in [-0.05, 0) is 11.1 Å². The van der Waals surface area contributed by atoms with Crippen LogP contribution in [0.3, 0.4) is 0 Å². The molecule has 2 aromatic heterocycles. The predicted molar refractivity (Wildman–Crippen MR) is 94.6 cm³/mol. The third-order valence-electron chi connectivity index (χ3n) is 4.09. The summed E-state index contributed by atoms with van der Waals surface area (Å²) in [6.45, 7) is 2.68. The van der Waals surface area contributed by atoms with Gasteiger partial charge in [-0.15, -0.1) is 4.34 Å². The van der Waals surface area contributed by atoms with Gasteiger partial charge in [-0.25, -0.2) is 4.57 Å². The van der Waals surface area contributed by atoms with Crippen LogP contribution in [0.2, 0.25) is 0 Å². The maximum absolute atomic E-state index is 11.5. The average Bonchev–Trinajstić information content (AvgIpc) is 2.62. The minimum Gasteiger partial charge on any atom is -0.271 e. The minimum atomic E-state index is -4.32. The second-order valence-electron chi connectivity index (χ2n) is 5.86. The molecule has 6 heteroatoms. The lowest BCUT2D eigenvalue weighted by Crippen LogP contribution is -2.35. The topological polar surface area (TPSA) is 65.3 Å². The zero-order chi connectivity index (χ0) is 17.9. The summed E-state index contributed by atoms with van der Waals surface area (Å²) in [7, 11) is -4.32. The van der Waals surface area contributed by atoms with Crippen molar-refractivity contribution >= 4 is 7.75 Å². The summed E-state index contributed by atoms with van der Waals surface area (Å²) in [5, 5.41) is 0. The highest BCUT2D eigenvalue weighted by Crippen LogP contribution is 2.29. The first-order valence-corrected chi connectivity index (χ1v) is 9.68. The van der Waals surface area contributed by atoms with E-state index in [0.717, 1.165) is 22.0 Å². The molecule has 0 fully saturated rings. The quantitative estimate of drug-likeness (QED) is 0.545. The molecule has 0 aliphatic carbocycles. The van der Waals surface area contributed by atoms with E-state index in [-0.39, 0.29) is 0 Å². The Labute approximate surface area is 147 Å². The molecular formula is C19H21N2O3P+2. The van der Waals surface area contributed by atoms with E-state index in [1.165, 1.54) is 11.8 Å². The molecule has 0 aliphatic heterocycles. The summed E-state index contributed by atoms with van der Waals surface area (Å²) in [5.41, 5.74) is 3.79. The molecule has 0 saturated heterocycles. The number of rotatable bonds is 5. The van der Waals surface area contributed by atoms with E-state index in [0.29, 0.717) is 12.1 Å². The molecule has 1 aromatic carbocycles. The second kappa shape index (κ2) is 7.28. The van der Waals surface area contributed by atoms with Crippen molar-refractivity contribution in [2.45, 2.75) is 19.9 Å². The van der Waals surface area contributed by atoms with Crippen LogP contribution in [0.15, 0.2) is 73.2 Å². The van der Waals surface area contributed by atoms with Gasteiger partial charge >= 0.3 is 7.75 Å². The van der Waals surface area contributed by atoms with Crippen molar-refractivity contribution in [1.29, 1.82) is 0 Å². The van der Waals surface area contributed by atoms with Gasteiger partial charge in [0.05, 0.1) is 0 Å². The van der Waals surface area contributed by atoms with Crippen LogP contribution in [0, 0.1) is 0 Å². The Hall–Kier alpha value is -2.33. The fourth-order valence-corrected chi connectivity index (χ4v) is 3.56. The Bertz CT molecular complexity index is 906. The first-order chi connectivity index (χ1) is 12.0. The molecule has 0 bridgehead atoms. The Balaban J connectivity index is 1.86. The number of aryl methyl sites for hydroxylation is 1. The molecule has 128 valence electrons. The van der Waals surface area contributed by atoms with Crippen LogP contribution in [0.25, 0.3) is 11.1 Å². The normalized spacial score (nSPS) is 11.5. The van der Waals surface area contributed by atoms with Crippen LogP contribution in [0.1, 0.15) is 18.2 Å². The highest BCUT2D eigenvalue weighted by atomic mass is 31.2. The molecule has 5 nitrogen and oxygen atoms in total. The third-order valence-corrected chi connectivity index (χ3v) is 5.04. The molecule has 0 saturated carbocycles. The summed E-state index contributed by atoms with van der Waals surface area (Å²) < 4.78 is 14.7. The van der Waals surface area contributed by atoms with Gasteiger partial charge in [0.25, 0.3) is 0 Å². The van der Waals surface area contributed by atoms with Crippen molar-refractivity contribution in [2.75, 3.05) is 0 Å². The van der Waals surface area contributed by atoms with Crippen molar-refractivity contribution in [3.05, 3.63) is 84.4 Å². The van der Waals surface area contributed by atoms with Crippen LogP contribution in [-0.2, 0) is 17.5 Å². The van der Waals surface area contributed by atoms with Gasteiger partial charge in [-0.3, -0.25) is 9.79 Å². The van der Waals surface area contributed by atoms with Gasteiger partial charge < -0.3 is 0 Å². The maximum atomic E-state index is 11.5. The SMILES string of the molecule is CCc1cc(-c2cc[n+](Cc3ccccc3)cc2)cc[n+]1P(=O)(O)O. The van der Waals surface area contributed by atoms with Crippen molar-refractivity contribution < 1.29 is 23.3 Å². The van der Waals surface area contributed by atoms with Crippen molar-refractivity contribution in [3.8, 4) is 11.1 Å². The Kier molecular flexibility index (Phi) is 5.09. The molecule has 0 aliphatic rings. The fraction of sp³-hybridized carbons (Fsp3) is 0.158. The van der Waals surface area contributed by atoms with E-state index in [4.69, 9.17) is 0 Å². The van der Waals surface area contributed by atoms with Crippen LogP contribution in [0.5, 0.6) is 0 Å². The van der Waals surface area contributed by atoms with Crippen LogP contribution >= 0.6 is 7.75 Å². The standard InChI is InChI=1S/C19H19N2O3P/c1-2-19-14-18(10-13-21(19)25(22,23)24)17-8-11-20(12-9-17)15-16-6-4-3-5-7-16/h3-14H,2,15H2,1H3/p+2. The molecule has 2 heterocycles. The molecule has 3 rings (SSSR count). The van der Waals surface area contributed by atoms with Gasteiger partial charge in [-0.2, -0.15) is 4.57 Å². The summed E-state index contributed by atoms with van der Waals surface area (Å²) >= 11 is 0. The van der Waals surface area contributed by atoms with Gasteiger partial charge in [0.15, 0.2) is 30.8 Å². The van der Waals surface area contributed by atoms with E-state index in [2.05, 4.69) is 16.7 Å². The zero-order valence-electron chi connectivity index (χ0n) is 14.0. The molecule has 3 aromatic rings. The van der Waals surface area contributed by atoms with Crippen LogP contribution in [0.4, 0.5) is 0 Å². The highest BCUT2D eigenvalue weighted by Gasteiger charge is 2.30. The minimum absolute atomic E-state index is 0.541. The van der Waals surface area contributed by atoms with Crippen LogP contribution < -0.4 is 8.90 Å². The Morgan fingerprint density at radius 1 is 0.920 bits per heavy atom. The fourth-order valence-electron chi connectivity index (χ4n) is 2.79. The monoisotopic (exact) mass is 356 g/mol. The first-order valence-electron chi connectivity index (χ1n) is 8.12. The van der Waals surface area contributed by atoms with Gasteiger partial charge in [0, 0.05) is 36.2 Å². The molecule has 0 unspecified atom stereocenters. The number of benzene rings is 1. The van der Waals surface area contributed by atoms with E-state index in [9.17, 15) is 14.4 Å². The Morgan fingerprint density at radius 2 is 1.56 bits per heavy atom. The average molecular weight is 356 g/mol. The molecule has 0 radical (unpaired) electrons. The number of nitrogens with zero attached hydrogens (tertiary/aromatic N) is 2. The molecule has 0 amide bonds. The Morgan fingerprint density at radius 3 is 2.16 bits per heavy atom. The smallest absolute Gasteiger partial charge is 0.271 e. The predicted octanol–water partition coefficient (Wildman–Crippen LogP) is 2.48. The summed E-state index contributed by atoms with van der Waals surface area (Å²) in [6, 6.07) is 17.8. The lowest BCUT2D eigenvalue weighted by Gasteiger charge is -2.06. The number of aromatic nitrogens is 2. The molecule has 2 N–H and O–H groups in total. The maximum Gasteiger partial charge on any atom is 0.607 e. The largest absolute Gasteiger partial charge is 0.607 e. The van der Waals surface area contributed by atoms with E-state index < -0.39 is 7.75 Å². The van der Waals surface area contributed by atoms with Gasteiger partial charge in [-0.1, -0.05) is 37.3 Å². The number of pyridine rings is 2. The van der Waals surface area contributed by atoms with E-state index in [1.54, 1.807) is 6.07 Å². The number of hydrogen-bond acceptors (Lipinski definition) is 1. The molecular weight excluding hydrogens is 335 g/mol. The summed E-state index contributed by atoms with van der Waals surface area (Å²) in [5.74, 6) is 0. The van der Waals surface area contributed by atoms with Crippen molar-refractivity contribution in [3.63, 3.8) is 0 Å². The van der Waals surface area contributed by atoms with E-state index >= 15 is 0 Å². The third kappa shape index (κ3) is 4.20. The van der Waals surface area contributed by atoms with Crippen molar-refractivity contribution in [2.24, 2.45) is 0 Å². The molecule has 0 atom stereocenters. The number of hydrogen-bond donors (Lipinski definition) is 2. The highest BCUT2D eigenvalue weighted by molar-refractivity contribution is 7.44. The lowest BCUT2D eigenvalue weighted by molar-refractivity contribution is -0.688.